The zero-order valence-corrected chi connectivity index (χ0v) is 15.8. The zero-order chi connectivity index (χ0) is 19.4. The lowest BCUT2D eigenvalue weighted by atomic mass is 10.1. The number of nitrogens with one attached hydrogen (secondary N) is 1. The van der Waals surface area contributed by atoms with E-state index in [9.17, 15) is 14.4 Å². The normalized spacial score (nSPS) is 13.1. The number of anilines is 1. The third kappa shape index (κ3) is 4.13. The van der Waals surface area contributed by atoms with E-state index in [-0.39, 0.29) is 36.4 Å². The molecule has 0 radical (unpaired) electrons. The van der Waals surface area contributed by atoms with Crippen molar-refractivity contribution < 1.29 is 23.9 Å². The van der Waals surface area contributed by atoms with Gasteiger partial charge >= 0.3 is 5.97 Å². The fourth-order valence-electron chi connectivity index (χ4n) is 2.63. The van der Waals surface area contributed by atoms with Gasteiger partial charge in [-0.15, -0.1) is 0 Å². The summed E-state index contributed by atoms with van der Waals surface area (Å²) in [4.78, 5) is 44.6. The lowest BCUT2D eigenvalue weighted by molar-refractivity contribution is -0.121. The molecular weight excluding hydrogens is 370 g/mol. The van der Waals surface area contributed by atoms with Gasteiger partial charge in [0.25, 0.3) is 5.91 Å². The Morgan fingerprint density at radius 3 is 2.93 bits per heavy atom. The van der Waals surface area contributed by atoms with E-state index in [1.807, 2.05) is 6.92 Å². The summed E-state index contributed by atoms with van der Waals surface area (Å²) < 4.78 is 10.3. The first-order chi connectivity index (χ1) is 13.0. The lowest BCUT2D eigenvalue weighted by Crippen LogP contribution is -2.38. The molecule has 0 unspecified atom stereocenters. The number of fused-ring (bicyclic) bond motifs is 1. The predicted octanol–water partition coefficient (Wildman–Crippen LogP) is 2.31. The molecule has 1 aliphatic heterocycles. The number of Topliss-reactive ketones (excluding diaryl/α,β-unsaturated/α-hetero) is 1. The Kier molecular flexibility index (Phi) is 5.80. The summed E-state index contributed by atoms with van der Waals surface area (Å²) in [6, 6.07) is 5.05. The number of thioether (sulfide) groups is 1. The minimum Gasteiger partial charge on any atom is -0.482 e. The zero-order valence-electron chi connectivity index (χ0n) is 15.0. The number of H-pyrrole nitrogens is 1. The number of nitrogens with zero attached hydrogens (tertiary/aromatic N) is 2. The summed E-state index contributed by atoms with van der Waals surface area (Å²) in [5.74, 6) is -0.0138. The van der Waals surface area contributed by atoms with Gasteiger partial charge in [-0.3, -0.25) is 9.59 Å². The second kappa shape index (κ2) is 8.26. The highest BCUT2D eigenvalue weighted by atomic mass is 32.2. The summed E-state index contributed by atoms with van der Waals surface area (Å²) in [5, 5.41) is 0.457. The number of ether oxygens (including phenoxy) is 2. The van der Waals surface area contributed by atoms with Crippen LogP contribution in [0.15, 0.2) is 29.6 Å². The fourth-order valence-corrected chi connectivity index (χ4v) is 3.37. The highest BCUT2D eigenvalue weighted by molar-refractivity contribution is 7.99. The Hall–Kier alpha value is -2.81. The number of amides is 1. The third-order valence-corrected chi connectivity index (χ3v) is 4.82. The maximum absolute atomic E-state index is 12.5. The van der Waals surface area contributed by atoms with Crippen molar-refractivity contribution >= 4 is 35.1 Å². The smallest absolute Gasteiger partial charge is 0.356 e. The number of hydrogen-bond donors (Lipinski definition) is 1. The van der Waals surface area contributed by atoms with E-state index < -0.39 is 5.97 Å². The van der Waals surface area contributed by atoms with Crippen LogP contribution in [-0.4, -0.2) is 53.1 Å². The molecule has 0 saturated carbocycles. The van der Waals surface area contributed by atoms with Gasteiger partial charge in [0.05, 0.1) is 24.2 Å². The first-order valence-corrected chi connectivity index (χ1v) is 9.47. The van der Waals surface area contributed by atoms with Crippen molar-refractivity contribution in [2.75, 3.05) is 30.4 Å². The number of carbonyl (C=O) groups excluding carboxylic acids is 3. The summed E-state index contributed by atoms with van der Waals surface area (Å²) >= 11 is 1.19. The van der Waals surface area contributed by atoms with Crippen molar-refractivity contribution in [2.24, 2.45) is 0 Å². The SMILES string of the molecule is CCOC(=O)c1cnc(SCC(=O)c2ccc3c(c2)N(CC)C(=O)CO3)[nH]1. The van der Waals surface area contributed by atoms with Crippen LogP contribution in [0.25, 0.3) is 0 Å². The second-order valence-electron chi connectivity index (χ2n) is 5.64. The van der Waals surface area contributed by atoms with Crippen molar-refractivity contribution in [1.82, 2.24) is 9.97 Å². The third-order valence-electron chi connectivity index (χ3n) is 3.93. The maximum atomic E-state index is 12.5. The van der Waals surface area contributed by atoms with E-state index in [2.05, 4.69) is 9.97 Å². The van der Waals surface area contributed by atoms with Crippen molar-refractivity contribution in [3.05, 3.63) is 35.7 Å². The largest absolute Gasteiger partial charge is 0.482 e. The van der Waals surface area contributed by atoms with Gasteiger partial charge in [0.1, 0.15) is 11.4 Å². The Morgan fingerprint density at radius 1 is 1.37 bits per heavy atom. The monoisotopic (exact) mass is 389 g/mol. The van der Waals surface area contributed by atoms with Crippen LogP contribution < -0.4 is 9.64 Å². The maximum Gasteiger partial charge on any atom is 0.356 e. The number of esters is 1. The van der Waals surface area contributed by atoms with Gasteiger partial charge in [-0.2, -0.15) is 0 Å². The molecule has 0 bridgehead atoms. The molecule has 0 atom stereocenters. The summed E-state index contributed by atoms with van der Waals surface area (Å²) in [5.41, 5.74) is 1.33. The highest BCUT2D eigenvalue weighted by Crippen LogP contribution is 2.33. The van der Waals surface area contributed by atoms with Crippen LogP contribution in [0.5, 0.6) is 5.75 Å². The van der Waals surface area contributed by atoms with Crippen LogP contribution in [0.3, 0.4) is 0 Å². The van der Waals surface area contributed by atoms with E-state index >= 15 is 0 Å². The van der Waals surface area contributed by atoms with Crippen molar-refractivity contribution in [3.8, 4) is 5.75 Å². The Bertz CT molecular complexity index is 880. The minimum atomic E-state index is -0.484. The first kappa shape index (κ1) is 19.0. The fraction of sp³-hybridized carbons (Fsp3) is 0.333. The van der Waals surface area contributed by atoms with E-state index in [4.69, 9.17) is 9.47 Å². The molecule has 2 aromatic rings. The molecule has 0 saturated heterocycles. The molecule has 8 nitrogen and oxygen atoms in total. The van der Waals surface area contributed by atoms with Crippen molar-refractivity contribution in [2.45, 2.75) is 19.0 Å². The molecular formula is C18H19N3O5S. The summed E-state index contributed by atoms with van der Waals surface area (Å²) in [7, 11) is 0. The summed E-state index contributed by atoms with van der Waals surface area (Å²) in [6.07, 6.45) is 1.38. The molecule has 9 heteroatoms. The Labute approximate surface area is 160 Å². The second-order valence-corrected chi connectivity index (χ2v) is 6.61. The van der Waals surface area contributed by atoms with Crippen LogP contribution >= 0.6 is 11.8 Å². The summed E-state index contributed by atoms with van der Waals surface area (Å²) in [6.45, 7) is 4.38. The number of likely N-dealkylation sites (N-methyl/N-ethyl adjacent to an activating group) is 1. The molecule has 27 heavy (non-hydrogen) atoms. The molecule has 142 valence electrons. The lowest BCUT2D eigenvalue weighted by Gasteiger charge is -2.28. The number of rotatable bonds is 7. The van der Waals surface area contributed by atoms with E-state index in [0.717, 1.165) is 0 Å². The van der Waals surface area contributed by atoms with E-state index in [1.165, 1.54) is 18.0 Å². The number of hydrogen-bond acceptors (Lipinski definition) is 7. The number of ketones is 1. The minimum absolute atomic E-state index is 0.00524. The van der Waals surface area contributed by atoms with Gasteiger partial charge in [-0.25, -0.2) is 9.78 Å². The molecule has 1 aromatic heterocycles. The van der Waals surface area contributed by atoms with Crippen molar-refractivity contribution in [1.29, 1.82) is 0 Å². The number of aromatic nitrogens is 2. The van der Waals surface area contributed by atoms with Crippen LogP contribution in [-0.2, 0) is 9.53 Å². The number of carbonyl (C=O) groups is 3. The van der Waals surface area contributed by atoms with Gasteiger partial charge in [-0.05, 0) is 32.0 Å². The van der Waals surface area contributed by atoms with Gasteiger partial charge in [0.2, 0.25) is 0 Å². The number of benzene rings is 1. The van der Waals surface area contributed by atoms with Crippen molar-refractivity contribution in [3.63, 3.8) is 0 Å². The van der Waals surface area contributed by atoms with Gasteiger partial charge in [0.15, 0.2) is 17.5 Å². The van der Waals surface area contributed by atoms with E-state index in [1.54, 1.807) is 30.0 Å². The average Bonchev–Trinajstić information content (AvgIpc) is 3.15. The number of imidazole rings is 1. The average molecular weight is 389 g/mol. The van der Waals surface area contributed by atoms with Crippen LogP contribution in [0.1, 0.15) is 34.7 Å². The highest BCUT2D eigenvalue weighted by Gasteiger charge is 2.25. The van der Waals surface area contributed by atoms with Gasteiger partial charge in [0, 0.05) is 12.1 Å². The van der Waals surface area contributed by atoms with E-state index in [0.29, 0.717) is 28.7 Å². The molecule has 0 aliphatic carbocycles. The van der Waals surface area contributed by atoms with Crippen LogP contribution in [0.4, 0.5) is 5.69 Å². The predicted molar refractivity (Wildman–Crippen MR) is 99.6 cm³/mol. The molecule has 1 aromatic carbocycles. The van der Waals surface area contributed by atoms with Gasteiger partial charge < -0.3 is 19.4 Å². The molecule has 0 spiro atoms. The number of aromatic amines is 1. The molecule has 1 amide bonds. The molecule has 3 rings (SSSR count). The molecule has 0 fully saturated rings. The molecule has 1 N–H and O–H groups in total. The first-order valence-electron chi connectivity index (χ1n) is 8.48. The molecule has 2 heterocycles. The van der Waals surface area contributed by atoms with Crippen LogP contribution in [0.2, 0.25) is 0 Å². The van der Waals surface area contributed by atoms with Gasteiger partial charge in [-0.1, -0.05) is 11.8 Å². The Morgan fingerprint density at radius 2 is 2.19 bits per heavy atom. The Balaban J connectivity index is 1.68. The molecule has 1 aliphatic rings. The quantitative estimate of drug-likeness (QED) is 0.440. The van der Waals surface area contributed by atoms with Crippen LogP contribution in [0, 0.1) is 0 Å². The topological polar surface area (TPSA) is 102 Å². The standard InChI is InChI=1S/C18H19N3O5S/c1-3-21-13-7-11(5-6-15(13)26-9-16(21)23)14(22)10-27-18-19-8-12(20-18)17(24)25-4-2/h5-8H,3-4,9-10H2,1-2H3,(H,19,20).